The minimum absolute atomic E-state index is 0.174. The summed E-state index contributed by atoms with van der Waals surface area (Å²) in [7, 11) is 0. The van der Waals surface area contributed by atoms with Gasteiger partial charge in [-0.2, -0.15) is 5.26 Å². The summed E-state index contributed by atoms with van der Waals surface area (Å²) in [5.41, 5.74) is 1.85. The number of hydrogen-bond acceptors (Lipinski definition) is 5. The average molecular weight is 365 g/mol. The Labute approximate surface area is 154 Å². The number of benzene rings is 2. The van der Waals surface area contributed by atoms with E-state index in [0.717, 1.165) is 5.56 Å². The van der Waals surface area contributed by atoms with E-state index in [9.17, 15) is 10.1 Å². The molecule has 0 spiro atoms. The first-order valence-corrected chi connectivity index (χ1v) is 8.08. The molecule has 0 saturated heterocycles. The predicted octanol–water partition coefficient (Wildman–Crippen LogP) is 4.72. The summed E-state index contributed by atoms with van der Waals surface area (Å²) >= 11 is 6.11. The maximum Gasteiger partial charge on any atom is 0.293 e. The minimum atomic E-state index is -0.517. The van der Waals surface area contributed by atoms with Crippen molar-refractivity contribution in [3.8, 4) is 6.07 Å². The van der Waals surface area contributed by atoms with Gasteiger partial charge in [-0.3, -0.25) is 15.1 Å². The van der Waals surface area contributed by atoms with E-state index in [1.807, 2.05) is 30.3 Å². The van der Waals surface area contributed by atoms with E-state index >= 15 is 0 Å². The van der Waals surface area contributed by atoms with E-state index in [-0.39, 0.29) is 11.3 Å². The van der Waals surface area contributed by atoms with Crippen molar-refractivity contribution in [3.05, 3.63) is 98.8 Å². The van der Waals surface area contributed by atoms with Gasteiger partial charge in [0.2, 0.25) is 0 Å². The Bertz CT molecular complexity index is 986. The second-order valence-corrected chi connectivity index (χ2v) is 5.92. The van der Waals surface area contributed by atoms with Gasteiger partial charge in [-0.15, -0.1) is 0 Å². The van der Waals surface area contributed by atoms with Crippen molar-refractivity contribution in [2.24, 2.45) is 0 Å². The standard InChI is InChI=1S/C19H13ClN4O2/c20-15-5-3-4-14(11-15)19(17-6-1-2-9-22-17)23-16-8-7-13(12-21)10-18(16)24(25)26/h1-11,19,23H. The highest BCUT2D eigenvalue weighted by Gasteiger charge is 2.21. The fourth-order valence-corrected chi connectivity index (χ4v) is 2.79. The van der Waals surface area contributed by atoms with Crippen LogP contribution < -0.4 is 5.32 Å². The lowest BCUT2D eigenvalue weighted by Gasteiger charge is -2.20. The van der Waals surface area contributed by atoms with E-state index < -0.39 is 11.0 Å². The van der Waals surface area contributed by atoms with Crippen molar-refractivity contribution < 1.29 is 4.92 Å². The number of nitrogens with zero attached hydrogens (tertiary/aromatic N) is 3. The number of nitro groups is 1. The molecular formula is C19H13ClN4O2. The van der Waals surface area contributed by atoms with Gasteiger partial charge in [-0.1, -0.05) is 29.8 Å². The van der Waals surface area contributed by atoms with Crippen LogP contribution in [0.2, 0.25) is 5.02 Å². The van der Waals surface area contributed by atoms with Gasteiger partial charge in [0, 0.05) is 17.3 Å². The van der Waals surface area contributed by atoms with Gasteiger partial charge in [0.25, 0.3) is 5.69 Å². The largest absolute Gasteiger partial charge is 0.367 e. The molecule has 0 bridgehead atoms. The highest BCUT2D eigenvalue weighted by atomic mass is 35.5. The van der Waals surface area contributed by atoms with Gasteiger partial charge >= 0.3 is 0 Å². The van der Waals surface area contributed by atoms with E-state index in [2.05, 4.69) is 10.3 Å². The summed E-state index contributed by atoms with van der Waals surface area (Å²) in [6.45, 7) is 0. The zero-order valence-corrected chi connectivity index (χ0v) is 14.2. The molecule has 1 heterocycles. The Balaban J connectivity index is 2.07. The molecule has 0 saturated carbocycles. The Morgan fingerprint density at radius 3 is 2.65 bits per heavy atom. The molecule has 0 radical (unpaired) electrons. The number of rotatable bonds is 5. The fraction of sp³-hybridized carbons (Fsp3) is 0.0526. The lowest BCUT2D eigenvalue weighted by molar-refractivity contribution is -0.384. The van der Waals surface area contributed by atoms with Crippen LogP contribution in [0.1, 0.15) is 22.9 Å². The lowest BCUT2D eigenvalue weighted by atomic mass is 10.0. The maximum atomic E-state index is 11.4. The second kappa shape index (κ2) is 7.64. The van der Waals surface area contributed by atoms with Crippen molar-refractivity contribution in [1.82, 2.24) is 4.98 Å². The highest BCUT2D eigenvalue weighted by Crippen LogP contribution is 2.32. The lowest BCUT2D eigenvalue weighted by Crippen LogP contribution is -2.15. The molecule has 7 heteroatoms. The van der Waals surface area contributed by atoms with Crippen LogP contribution in [0.15, 0.2) is 66.9 Å². The fourth-order valence-electron chi connectivity index (χ4n) is 2.59. The number of halogens is 1. The number of hydrogen-bond donors (Lipinski definition) is 1. The summed E-state index contributed by atoms with van der Waals surface area (Å²) in [5.74, 6) is 0. The van der Waals surface area contributed by atoms with Crippen molar-refractivity contribution in [3.63, 3.8) is 0 Å². The number of aromatic nitrogens is 1. The molecule has 1 N–H and O–H groups in total. The quantitative estimate of drug-likeness (QED) is 0.522. The molecule has 0 aliphatic carbocycles. The molecule has 0 aliphatic heterocycles. The number of nitro benzene ring substituents is 1. The molecule has 3 rings (SSSR count). The van der Waals surface area contributed by atoms with Crippen LogP contribution >= 0.6 is 11.6 Å². The summed E-state index contributed by atoms with van der Waals surface area (Å²) in [4.78, 5) is 15.3. The first-order valence-electron chi connectivity index (χ1n) is 7.70. The average Bonchev–Trinajstić information content (AvgIpc) is 2.66. The molecule has 6 nitrogen and oxygen atoms in total. The number of anilines is 1. The third-order valence-electron chi connectivity index (χ3n) is 3.79. The normalized spacial score (nSPS) is 11.4. The first-order chi connectivity index (χ1) is 12.6. The van der Waals surface area contributed by atoms with Crippen LogP contribution in [0.3, 0.4) is 0 Å². The maximum absolute atomic E-state index is 11.4. The Morgan fingerprint density at radius 1 is 1.15 bits per heavy atom. The van der Waals surface area contributed by atoms with Gasteiger partial charge in [0.05, 0.1) is 28.3 Å². The monoisotopic (exact) mass is 364 g/mol. The molecular weight excluding hydrogens is 352 g/mol. The smallest absolute Gasteiger partial charge is 0.293 e. The topological polar surface area (TPSA) is 91.8 Å². The minimum Gasteiger partial charge on any atom is -0.367 e. The molecule has 26 heavy (non-hydrogen) atoms. The molecule has 1 unspecified atom stereocenters. The van der Waals surface area contributed by atoms with Crippen molar-refractivity contribution >= 4 is 23.0 Å². The number of pyridine rings is 1. The van der Waals surface area contributed by atoms with Crippen LogP contribution in [0, 0.1) is 21.4 Å². The summed E-state index contributed by atoms with van der Waals surface area (Å²) in [5, 5.41) is 24.1. The highest BCUT2D eigenvalue weighted by molar-refractivity contribution is 6.30. The third kappa shape index (κ3) is 3.79. The summed E-state index contributed by atoms with van der Waals surface area (Å²) in [6.07, 6.45) is 1.65. The number of nitriles is 1. The van der Waals surface area contributed by atoms with Crippen molar-refractivity contribution in [2.75, 3.05) is 5.32 Å². The van der Waals surface area contributed by atoms with Gasteiger partial charge in [0.1, 0.15) is 5.69 Å². The number of nitrogens with one attached hydrogen (secondary N) is 1. The predicted molar refractivity (Wildman–Crippen MR) is 99.0 cm³/mol. The second-order valence-electron chi connectivity index (χ2n) is 5.49. The van der Waals surface area contributed by atoms with Crippen LogP contribution in [-0.4, -0.2) is 9.91 Å². The zero-order valence-electron chi connectivity index (χ0n) is 13.5. The van der Waals surface area contributed by atoms with E-state index in [4.69, 9.17) is 16.9 Å². The molecule has 0 amide bonds. The summed E-state index contributed by atoms with van der Waals surface area (Å²) in [6, 6.07) is 18.4. The molecule has 128 valence electrons. The third-order valence-corrected chi connectivity index (χ3v) is 4.02. The van der Waals surface area contributed by atoms with Crippen molar-refractivity contribution in [2.45, 2.75) is 6.04 Å². The van der Waals surface area contributed by atoms with E-state index in [1.54, 1.807) is 24.4 Å². The van der Waals surface area contributed by atoms with Gasteiger partial charge in [-0.25, -0.2) is 0 Å². The summed E-state index contributed by atoms with van der Waals surface area (Å²) < 4.78 is 0. The molecule has 1 aromatic heterocycles. The van der Waals surface area contributed by atoms with Crippen LogP contribution in [0.5, 0.6) is 0 Å². The SMILES string of the molecule is N#Cc1ccc(NC(c2cccc(Cl)c2)c2ccccn2)c([N+](=O)[O-])c1. The Hall–Kier alpha value is -3.43. The zero-order chi connectivity index (χ0) is 18.5. The molecule has 1 atom stereocenters. The van der Waals surface area contributed by atoms with Crippen LogP contribution in [0.4, 0.5) is 11.4 Å². The first kappa shape index (κ1) is 17.4. The molecule has 0 aliphatic rings. The Kier molecular flexibility index (Phi) is 5.11. The van der Waals surface area contributed by atoms with Gasteiger partial charge in [-0.05, 0) is 42.0 Å². The molecule has 2 aromatic carbocycles. The van der Waals surface area contributed by atoms with Crippen molar-refractivity contribution in [1.29, 1.82) is 5.26 Å². The van der Waals surface area contributed by atoms with Gasteiger partial charge < -0.3 is 5.32 Å². The Morgan fingerprint density at radius 2 is 2.00 bits per heavy atom. The van der Waals surface area contributed by atoms with Crippen LogP contribution in [0.25, 0.3) is 0 Å². The van der Waals surface area contributed by atoms with E-state index in [0.29, 0.717) is 16.4 Å². The van der Waals surface area contributed by atoms with E-state index in [1.165, 1.54) is 18.2 Å². The van der Waals surface area contributed by atoms with Crippen LogP contribution in [-0.2, 0) is 0 Å². The molecule has 0 fully saturated rings. The van der Waals surface area contributed by atoms with Gasteiger partial charge in [0.15, 0.2) is 0 Å². The molecule has 3 aromatic rings.